The van der Waals surface area contributed by atoms with Crippen LogP contribution in [0.3, 0.4) is 0 Å². The van der Waals surface area contributed by atoms with Crippen LogP contribution in [-0.2, 0) is 13.5 Å². The number of aromatic nitrogens is 2. The number of aryl methyl sites for hydroxylation is 1. The fraction of sp³-hybridized carbons (Fsp3) is 0.562. The first kappa shape index (κ1) is 14.0. The number of thioether (sulfide) groups is 1. The Morgan fingerprint density at radius 1 is 1.35 bits per heavy atom. The molecule has 1 saturated carbocycles. The number of benzene rings is 1. The molecule has 0 bridgehead atoms. The third kappa shape index (κ3) is 3.01. The van der Waals surface area contributed by atoms with Gasteiger partial charge in [0.2, 0.25) is 0 Å². The van der Waals surface area contributed by atoms with E-state index in [4.69, 9.17) is 0 Å². The highest BCUT2D eigenvalue weighted by Gasteiger charge is 2.18. The molecule has 108 valence electrons. The van der Waals surface area contributed by atoms with E-state index < -0.39 is 0 Å². The minimum Gasteiger partial charge on any atom is -0.392 e. The highest BCUT2D eigenvalue weighted by Crippen LogP contribution is 2.30. The Morgan fingerprint density at radius 2 is 2.10 bits per heavy atom. The molecule has 0 amide bonds. The molecule has 1 aliphatic rings. The van der Waals surface area contributed by atoms with Crippen molar-refractivity contribution in [3.63, 3.8) is 0 Å². The number of aliphatic hydroxyl groups excluding tert-OH is 1. The minimum atomic E-state index is -0.295. The van der Waals surface area contributed by atoms with Gasteiger partial charge in [-0.1, -0.05) is 25.0 Å². The van der Waals surface area contributed by atoms with E-state index in [1.807, 2.05) is 37.0 Å². The second kappa shape index (κ2) is 6.19. The molecule has 1 fully saturated rings. The van der Waals surface area contributed by atoms with Crippen molar-refractivity contribution in [2.24, 2.45) is 7.05 Å². The summed E-state index contributed by atoms with van der Waals surface area (Å²) in [4.78, 5) is 4.63. The molecule has 1 aliphatic carbocycles. The topological polar surface area (TPSA) is 38.0 Å². The number of rotatable bonds is 5. The average Bonchev–Trinajstić information content (AvgIpc) is 3.07. The van der Waals surface area contributed by atoms with Crippen molar-refractivity contribution in [1.82, 2.24) is 9.55 Å². The summed E-state index contributed by atoms with van der Waals surface area (Å²) in [6.45, 7) is 0. The quantitative estimate of drug-likeness (QED) is 0.919. The molecule has 1 aromatic heterocycles. The Labute approximate surface area is 124 Å². The van der Waals surface area contributed by atoms with Crippen LogP contribution in [-0.4, -0.2) is 31.8 Å². The molecule has 0 radical (unpaired) electrons. The van der Waals surface area contributed by atoms with E-state index in [0.717, 1.165) is 27.9 Å². The molecule has 1 N–H and O–H groups in total. The molecule has 3 rings (SSSR count). The third-order valence-electron chi connectivity index (χ3n) is 4.12. The second-order valence-corrected chi connectivity index (χ2v) is 7.01. The summed E-state index contributed by atoms with van der Waals surface area (Å²) in [6.07, 6.45) is 5.71. The first-order valence-electron chi connectivity index (χ1n) is 7.44. The van der Waals surface area contributed by atoms with Gasteiger partial charge in [0.05, 0.1) is 17.1 Å². The lowest BCUT2D eigenvalue weighted by Crippen LogP contribution is -2.17. The van der Waals surface area contributed by atoms with Gasteiger partial charge in [-0.2, -0.15) is 11.8 Å². The maximum Gasteiger partial charge on any atom is 0.112 e. The molecular formula is C16H22N2OS. The average molecular weight is 290 g/mol. The predicted octanol–water partition coefficient (Wildman–Crippen LogP) is 3.15. The van der Waals surface area contributed by atoms with Crippen LogP contribution >= 0.6 is 11.8 Å². The molecule has 20 heavy (non-hydrogen) atoms. The lowest BCUT2D eigenvalue weighted by Gasteiger charge is -2.13. The summed E-state index contributed by atoms with van der Waals surface area (Å²) in [6, 6.07) is 8.13. The van der Waals surface area contributed by atoms with Gasteiger partial charge in [-0.05, 0) is 25.0 Å². The molecule has 4 heteroatoms. The Hall–Kier alpha value is -1.00. The van der Waals surface area contributed by atoms with E-state index in [9.17, 15) is 5.11 Å². The van der Waals surface area contributed by atoms with E-state index in [0.29, 0.717) is 6.42 Å². The van der Waals surface area contributed by atoms with Crippen LogP contribution in [0.4, 0.5) is 0 Å². The fourth-order valence-corrected chi connectivity index (χ4v) is 4.23. The second-order valence-electron chi connectivity index (χ2n) is 5.67. The van der Waals surface area contributed by atoms with Gasteiger partial charge in [-0.15, -0.1) is 0 Å². The molecule has 3 nitrogen and oxygen atoms in total. The summed E-state index contributed by atoms with van der Waals surface area (Å²) in [5.74, 6) is 1.80. The van der Waals surface area contributed by atoms with Crippen molar-refractivity contribution in [3.8, 4) is 0 Å². The number of hydrogen-bond donors (Lipinski definition) is 1. The summed E-state index contributed by atoms with van der Waals surface area (Å²) in [5, 5.41) is 11.0. The Balaban J connectivity index is 1.61. The normalized spacial score (nSPS) is 17.9. The molecule has 1 atom stereocenters. The van der Waals surface area contributed by atoms with Gasteiger partial charge in [0.1, 0.15) is 5.82 Å². The van der Waals surface area contributed by atoms with Crippen LogP contribution in [0, 0.1) is 0 Å². The van der Waals surface area contributed by atoms with Crippen LogP contribution in [0.15, 0.2) is 24.3 Å². The SMILES string of the molecule is Cn1c(CC(O)CSC2CCCC2)nc2ccccc21. The van der Waals surface area contributed by atoms with E-state index >= 15 is 0 Å². The van der Waals surface area contributed by atoms with Gasteiger partial charge in [-0.3, -0.25) is 0 Å². The van der Waals surface area contributed by atoms with Crippen LogP contribution in [0.5, 0.6) is 0 Å². The number of nitrogens with zero attached hydrogens (tertiary/aromatic N) is 2. The van der Waals surface area contributed by atoms with Crippen molar-refractivity contribution >= 4 is 22.8 Å². The third-order valence-corrected chi connectivity index (χ3v) is 5.64. The smallest absolute Gasteiger partial charge is 0.112 e. The van der Waals surface area contributed by atoms with Crippen molar-refractivity contribution in [2.45, 2.75) is 43.5 Å². The maximum absolute atomic E-state index is 10.2. The molecule has 0 spiro atoms. The predicted molar refractivity (Wildman–Crippen MR) is 85.1 cm³/mol. The van der Waals surface area contributed by atoms with Crippen molar-refractivity contribution < 1.29 is 5.11 Å². The summed E-state index contributed by atoms with van der Waals surface area (Å²) < 4.78 is 2.10. The zero-order valence-corrected chi connectivity index (χ0v) is 12.8. The summed E-state index contributed by atoms with van der Waals surface area (Å²) in [5.41, 5.74) is 2.15. The standard InChI is InChI=1S/C16H22N2OS/c1-18-15-9-5-4-8-14(15)17-16(18)10-12(19)11-20-13-6-2-3-7-13/h4-5,8-9,12-13,19H,2-3,6-7,10-11H2,1H3. The van der Waals surface area contributed by atoms with Gasteiger partial charge >= 0.3 is 0 Å². The number of imidazole rings is 1. The molecule has 1 heterocycles. The van der Waals surface area contributed by atoms with Gasteiger partial charge in [0.15, 0.2) is 0 Å². The lowest BCUT2D eigenvalue weighted by atomic mass is 10.3. The van der Waals surface area contributed by atoms with Gasteiger partial charge < -0.3 is 9.67 Å². The monoisotopic (exact) mass is 290 g/mol. The van der Waals surface area contributed by atoms with E-state index in [-0.39, 0.29) is 6.10 Å². The first-order valence-corrected chi connectivity index (χ1v) is 8.49. The molecular weight excluding hydrogens is 268 g/mol. The van der Waals surface area contributed by atoms with Gasteiger partial charge in [-0.25, -0.2) is 4.98 Å². The van der Waals surface area contributed by atoms with Crippen molar-refractivity contribution in [3.05, 3.63) is 30.1 Å². The van der Waals surface area contributed by atoms with Crippen LogP contribution in [0.1, 0.15) is 31.5 Å². The van der Waals surface area contributed by atoms with E-state index in [1.54, 1.807) is 0 Å². The Kier molecular flexibility index (Phi) is 4.32. The number of fused-ring (bicyclic) bond motifs is 1. The van der Waals surface area contributed by atoms with Crippen LogP contribution in [0.25, 0.3) is 11.0 Å². The Bertz CT molecular complexity index is 575. The van der Waals surface area contributed by atoms with E-state index in [1.165, 1.54) is 25.7 Å². The molecule has 1 unspecified atom stereocenters. The number of para-hydroxylation sites is 2. The summed E-state index contributed by atoms with van der Waals surface area (Å²) in [7, 11) is 2.03. The molecule has 0 aliphatic heterocycles. The van der Waals surface area contributed by atoms with Crippen molar-refractivity contribution in [2.75, 3.05) is 5.75 Å². The number of aliphatic hydroxyl groups is 1. The molecule has 0 saturated heterocycles. The fourth-order valence-electron chi connectivity index (χ4n) is 2.95. The highest BCUT2D eigenvalue weighted by molar-refractivity contribution is 7.99. The highest BCUT2D eigenvalue weighted by atomic mass is 32.2. The van der Waals surface area contributed by atoms with Gasteiger partial charge in [0.25, 0.3) is 0 Å². The van der Waals surface area contributed by atoms with Crippen molar-refractivity contribution in [1.29, 1.82) is 0 Å². The van der Waals surface area contributed by atoms with Crippen LogP contribution in [0.2, 0.25) is 0 Å². The largest absolute Gasteiger partial charge is 0.392 e. The first-order chi connectivity index (χ1) is 9.74. The van der Waals surface area contributed by atoms with Crippen LogP contribution < -0.4 is 0 Å². The lowest BCUT2D eigenvalue weighted by molar-refractivity contribution is 0.196. The zero-order valence-electron chi connectivity index (χ0n) is 12.0. The Morgan fingerprint density at radius 3 is 2.85 bits per heavy atom. The van der Waals surface area contributed by atoms with E-state index in [2.05, 4.69) is 15.6 Å². The zero-order chi connectivity index (χ0) is 13.9. The van der Waals surface area contributed by atoms with Gasteiger partial charge in [0, 0.05) is 24.5 Å². The summed E-state index contributed by atoms with van der Waals surface area (Å²) >= 11 is 1.94. The number of hydrogen-bond acceptors (Lipinski definition) is 3. The maximum atomic E-state index is 10.2. The molecule has 2 aromatic rings. The minimum absolute atomic E-state index is 0.295. The molecule has 1 aromatic carbocycles.